The fraction of sp³-hybridized carbons (Fsp3) is 0.208. The van der Waals surface area contributed by atoms with E-state index in [2.05, 4.69) is 19.9 Å². The van der Waals surface area contributed by atoms with Gasteiger partial charge in [0.15, 0.2) is 0 Å². The van der Waals surface area contributed by atoms with E-state index in [4.69, 9.17) is 18.9 Å². The summed E-state index contributed by atoms with van der Waals surface area (Å²) >= 11 is 0. The van der Waals surface area contributed by atoms with Gasteiger partial charge < -0.3 is 38.7 Å². The van der Waals surface area contributed by atoms with Gasteiger partial charge in [-0.15, -0.1) is 0 Å². The molecule has 4 heterocycles. The van der Waals surface area contributed by atoms with Crippen molar-refractivity contribution < 1.29 is 123 Å². The second kappa shape index (κ2) is 23.6. The molecule has 2 atom stereocenters. The van der Waals surface area contributed by atoms with Crippen molar-refractivity contribution in [3.63, 3.8) is 0 Å². The van der Waals surface area contributed by atoms with Gasteiger partial charge in [0.2, 0.25) is 10.3 Å². The molecular weight excluding hydrogens is 1060 g/mol. The summed E-state index contributed by atoms with van der Waals surface area (Å²) in [6.07, 6.45) is 5.84. The molecule has 4 aromatic carbocycles. The van der Waals surface area contributed by atoms with Crippen LogP contribution in [0.3, 0.4) is 0 Å². The molecule has 0 spiro atoms. The van der Waals surface area contributed by atoms with E-state index in [1.54, 1.807) is 50.9 Å². The molecule has 0 fully saturated rings. The summed E-state index contributed by atoms with van der Waals surface area (Å²) in [7, 11) is -7.45. The normalized spacial score (nSPS) is 12.1. The predicted octanol–water partition coefficient (Wildman–Crippen LogP) is -1.85. The van der Waals surface area contributed by atoms with Gasteiger partial charge in [0.1, 0.15) is 43.8 Å². The smallest absolute Gasteiger partial charge is 0.545 e. The number of carboxylic acid groups (broad SMARTS) is 2. The molecule has 0 amide bonds. The number of para-hydroxylation sites is 2. The molecule has 0 aliphatic rings. The zero-order valence-electron chi connectivity index (χ0n) is 42.1. The molecule has 0 bridgehead atoms. The SMILES string of the molecule is COc1cccc(S(=O)(=O)n2c(S(C)=O)nc3c(-c4ncc(C)c(OC)c4C)cccc32)c1C(=O)[O-].COc1cccc(S(=O)(=O)n2c(S(C)=O)nc3c(-c4ncc(C)c(OC)c4C)cccc32)c1C(=O)[O-].[Na+].[Na+]. The van der Waals surface area contributed by atoms with Gasteiger partial charge in [0, 0.05) is 58.3 Å². The summed E-state index contributed by atoms with van der Waals surface area (Å²) in [4.78, 5) is 40.5. The largest absolute Gasteiger partial charge is 1.00 e. The Balaban J connectivity index is 0.000000267. The molecule has 8 aromatic rings. The number of carbonyl (C=O) groups excluding carboxylic acids is 2. The first-order chi connectivity index (χ1) is 34.1. The van der Waals surface area contributed by atoms with E-state index in [1.807, 2.05) is 27.7 Å². The zero-order valence-corrected chi connectivity index (χ0v) is 49.4. The summed E-state index contributed by atoms with van der Waals surface area (Å²) in [5.41, 5.74) is 4.45. The summed E-state index contributed by atoms with van der Waals surface area (Å²) in [6.45, 7) is 7.35. The molecule has 20 nitrogen and oxygen atoms in total. The maximum absolute atomic E-state index is 13.9. The number of carbonyl (C=O) groups is 2. The second-order valence-corrected chi connectivity index (χ2v) is 21.8. The van der Waals surface area contributed by atoms with Crippen LogP contribution in [0.1, 0.15) is 43.0 Å². The molecule has 0 N–H and O–H groups in total. The number of carboxylic acids is 2. The van der Waals surface area contributed by atoms with Gasteiger partial charge in [0.05, 0.1) is 95.5 Å². The second-order valence-electron chi connectivity index (χ2n) is 15.7. The van der Waals surface area contributed by atoms with Crippen molar-refractivity contribution in [1.29, 1.82) is 0 Å². The number of aromatic nitrogens is 6. The van der Waals surface area contributed by atoms with Crippen molar-refractivity contribution in [2.45, 2.75) is 47.8 Å². The van der Waals surface area contributed by atoms with Crippen LogP contribution >= 0.6 is 0 Å². The Morgan fingerprint density at radius 3 is 1.18 bits per heavy atom. The number of nitrogens with zero attached hydrogens (tertiary/aromatic N) is 6. The van der Waals surface area contributed by atoms with Gasteiger partial charge in [0.25, 0.3) is 20.0 Å². The third kappa shape index (κ3) is 10.5. The number of aryl methyl sites for hydroxylation is 2. The monoisotopic (exact) mass is 1100 g/mol. The molecule has 8 rings (SSSR count). The Labute approximate surface area is 475 Å². The van der Waals surface area contributed by atoms with Gasteiger partial charge in [-0.25, -0.2) is 34.7 Å². The van der Waals surface area contributed by atoms with Crippen molar-refractivity contribution in [2.24, 2.45) is 0 Å². The van der Waals surface area contributed by atoms with Crippen LogP contribution in [-0.2, 0) is 41.6 Å². The fourth-order valence-corrected chi connectivity index (χ4v) is 13.7. The molecule has 0 aliphatic carbocycles. The number of hydrogen-bond donors (Lipinski definition) is 0. The average Bonchev–Trinajstić information content (AvgIpc) is 3.96. The Bertz CT molecular complexity index is 3580. The molecule has 0 aliphatic heterocycles. The van der Waals surface area contributed by atoms with Crippen molar-refractivity contribution in [1.82, 2.24) is 27.9 Å². The van der Waals surface area contributed by atoms with Crippen LogP contribution in [0.4, 0.5) is 0 Å². The van der Waals surface area contributed by atoms with Crippen LogP contribution in [0.2, 0.25) is 0 Å². The van der Waals surface area contributed by atoms with E-state index in [0.717, 1.165) is 31.2 Å². The van der Waals surface area contributed by atoms with Crippen molar-refractivity contribution in [3.05, 3.63) is 119 Å². The van der Waals surface area contributed by atoms with Gasteiger partial charge >= 0.3 is 59.1 Å². The van der Waals surface area contributed by atoms with Crippen LogP contribution in [0, 0.1) is 27.7 Å². The summed E-state index contributed by atoms with van der Waals surface area (Å²) in [5, 5.41) is 23.3. The first kappa shape index (κ1) is 59.3. The van der Waals surface area contributed by atoms with Crippen LogP contribution in [0.5, 0.6) is 23.0 Å². The van der Waals surface area contributed by atoms with Gasteiger partial charge in [-0.2, -0.15) is 0 Å². The number of ether oxygens (including phenoxy) is 4. The van der Waals surface area contributed by atoms with E-state index < -0.39 is 74.5 Å². The molecular formula is C48H44N6Na2O14S4. The van der Waals surface area contributed by atoms with Crippen molar-refractivity contribution in [3.8, 4) is 45.5 Å². The number of fused-ring (bicyclic) bond motifs is 2. The summed E-state index contributed by atoms with van der Waals surface area (Å²) in [5.74, 6) is -2.60. The number of pyridine rings is 2. The Kier molecular flexibility index (Phi) is 18.9. The third-order valence-electron chi connectivity index (χ3n) is 11.4. The van der Waals surface area contributed by atoms with E-state index in [-0.39, 0.29) is 103 Å². The minimum atomic E-state index is -4.62. The maximum Gasteiger partial charge on any atom is 1.00 e. The van der Waals surface area contributed by atoms with Gasteiger partial charge in [-0.05, 0) is 64.1 Å². The summed E-state index contributed by atoms with van der Waals surface area (Å²) in [6, 6.07) is 17.2. The van der Waals surface area contributed by atoms with E-state index in [1.165, 1.54) is 63.1 Å². The molecule has 4 aromatic heterocycles. The van der Waals surface area contributed by atoms with E-state index >= 15 is 0 Å². The molecule has 26 heteroatoms. The Morgan fingerprint density at radius 1 is 0.541 bits per heavy atom. The van der Waals surface area contributed by atoms with Crippen LogP contribution < -0.4 is 88.3 Å². The molecule has 0 saturated carbocycles. The zero-order chi connectivity index (χ0) is 52.7. The van der Waals surface area contributed by atoms with Crippen molar-refractivity contribution >= 4 is 75.7 Å². The topological polar surface area (TPSA) is 281 Å². The van der Waals surface area contributed by atoms with E-state index in [0.29, 0.717) is 45.1 Å². The third-order valence-corrected chi connectivity index (χ3v) is 16.7. The van der Waals surface area contributed by atoms with Crippen LogP contribution in [0.25, 0.3) is 44.6 Å². The van der Waals surface area contributed by atoms with Crippen LogP contribution in [0.15, 0.2) is 105 Å². The van der Waals surface area contributed by atoms with Crippen LogP contribution in [-0.4, -0.2) is 106 Å². The fourth-order valence-electron chi connectivity index (χ4n) is 8.33. The average molecular weight is 1100 g/mol. The number of aromatic carboxylic acids is 2. The standard InChI is InChI=1S/2C24H23N3O7S2.2Na/c2*1-13-12-25-20(14(2)22(13)34-4)15-8-6-9-16-21(15)26-24(35(5)30)27(16)36(31,32)18-11-7-10-17(33-3)19(18)23(28)29;;/h2*6-12H,1-5H3,(H,28,29);;/q;;2*+1/p-2. The quantitative estimate of drug-likeness (QED) is 0.108. The number of imidazole rings is 2. The molecule has 0 saturated heterocycles. The Morgan fingerprint density at radius 2 is 0.878 bits per heavy atom. The molecule has 0 radical (unpaired) electrons. The van der Waals surface area contributed by atoms with Crippen molar-refractivity contribution in [2.75, 3.05) is 41.0 Å². The molecule has 74 heavy (non-hydrogen) atoms. The number of benzene rings is 4. The summed E-state index contributed by atoms with van der Waals surface area (Å²) < 4.78 is 104. The molecule has 2 unspecified atom stereocenters. The minimum absolute atomic E-state index is 0. The predicted molar refractivity (Wildman–Crippen MR) is 262 cm³/mol. The maximum atomic E-state index is 13.9. The first-order valence-electron chi connectivity index (χ1n) is 21.1. The number of rotatable bonds is 14. The first-order valence-corrected chi connectivity index (χ1v) is 27.1. The molecule has 376 valence electrons. The number of methoxy groups -OCH3 is 4. The minimum Gasteiger partial charge on any atom is -0.545 e. The Hall–Kier alpha value is -5.54. The van der Waals surface area contributed by atoms with Gasteiger partial charge in [-0.1, -0.05) is 36.4 Å². The number of hydrogen-bond acceptors (Lipinski definition) is 18. The van der Waals surface area contributed by atoms with Gasteiger partial charge in [-0.3, -0.25) is 18.4 Å². The van der Waals surface area contributed by atoms with E-state index in [9.17, 15) is 45.1 Å².